The van der Waals surface area contributed by atoms with Crippen molar-refractivity contribution in [3.8, 4) is 0 Å². The van der Waals surface area contributed by atoms with Gasteiger partial charge in [0.05, 0.1) is 66.1 Å². The molecule has 5 fully saturated rings. The fourth-order valence-corrected chi connectivity index (χ4v) is 8.64. The molecule has 0 spiro atoms. The first-order chi connectivity index (χ1) is 42.3. The third-order valence-corrected chi connectivity index (χ3v) is 13.9. The number of aliphatic hydroxyl groups is 20. The Balaban J connectivity index is 0.000000562. The Labute approximate surface area is 526 Å². The second-order valence-corrected chi connectivity index (χ2v) is 23.4. The summed E-state index contributed by atoms with van der Waals surface area (Å²) in [5.74, 6) is 0. The van der Waals surface area contributed by atoms with E-state index in [-0.39, 0.29) is 0 Å². The van der Waals surface area contributed by atoms with Crippen molar-refractivity contribution in [1.29, 1.82) is 0 Å². The molecule has 0 radical (unpaired) electrons. The number of hydrogen-bond donors (Lipinski definition) is 25. The van der Waals surface area contributed by atoms with Crippen molar-refractivity contribution in [2.45, 2.75) is 253 Å². The number of nitrogens with one attached hydrogen (secondary N) is 5. The number of aliphatic hydroxyl groups excluding tert-OH is 20. The van der Waals surface area contributed by atoms with E-state index < -0.39 is 187 Å². The van der Waals surface area contributed by atoms with E-state index in [1.807, 2.05) is 69.2 Å². The first-order valence-corrected chi connectivity index (χ1v) is 30.6. The highest BCUT2D eigenvalue weighted by molar-refractivity contribution is 4.93. The molecule has 10 unspecified atom stereocenters. The number of ether oxygens (including phenoxy) is 10. The highest BCUT2D eigenvalue weighted by Crippen LogP contribution is 2.26. The van der Waals surface area contributed by atoms with Crippen LogP contribution in [-0.4, -0.2) is 385 Å². The Hall–Kier alpha value is -1.40. The summed E-state index contributed by atoms with van der Waals surface area (Å²) in [6.45, 7) is 22.0. The zero-order chi connectivity index (χ0) is 68.5. The standard InChI is InChI=1S/5C11H23NO6/c5*1-6(2)12-3-4-17-11-10(16)9(15)8(14)7(5-13)18-11/h5*6-16H,3-5H2,1-2H3/t2*7?,8-,9+,10?,11-;3*7?,8-,9-,10?,11+/m11000/s1. The quantitative estimate of drug-likeness (QED) is 0.0297. The minimum absolute atomic E-state index is 0.293. The van der Waals surface area contributed by atoms with Crippen molar-refractivity contribution >= 4 is 0 Å². The Bertz CT molecular complexity index is 1470. The Morgan fingerprint density at radius 3 is 0.478 bits per heavy atom. The molecule has 540 valence electrons. The van der Waals surface area contributed by atoms with Crippen LogP contribution in [0.2, 0.25) is 0 Å². The molecule has 5 aliphatic rings. The van der Waals surface area contributed by atoms with E-state index in [1.165, 1.54) is 0 Å². The van der Waals surface area contributed by atoms with Crippen LogP contribution in [0.25, 0.3) is 0 Å². The maximum Gasteiger partial charge on any atom is 0.186 e. The molecule has 90 heavy (non-hydrogen) atoms. The third kappa shape index (κ3) is 30.8. The molecule has 5 rings (SSSR count). The van der Waals surface area contributed by atoms with Crippen LogP contribution in [0, 0.1) is 0 Å². The van der Waals surface area contributed by atoms with Gasteiger partial charge in [-0.05, 0) is 0 Å². The summed E-state index contributed by atoms with van der Waals surface area (Å²) in [6.07, 6.45) is -30.2. The maximum absolute atomic E-state index is 9.67. The lowest BCUT2D eigenvalue weighted by Crippen LogP contribution is -2.59. The van der Waals surface area contributed by atoms with Crippen LogP contribution in [0.15, 0.2) is 0 Å². The second-order valence-electron chi connectivity index (χ2n) is 23.4. The highest BCUT2D eigenvalue weighted by Gasteiger charge is 2.48. The lowest BCUT2D eigenvalue weighted by atomic mass is 9.99. The fraction of sp³-hybridized carbons (Fsp3) is 1.00. The molecule has 5 heterocycles. The molecule has 35 heteroatoms. The van der Waals surface area contributed by atoms with E-state index in [2.05, 4.69) is 26.6 Å². The molecule has 0 bridgehead atoms. The molecular weight excluding hydrogens is 1210 g/mol. The monoisotopic (exact) mass is 1330 g/mol. The normalized spacial score (nSPS) is 37.2. The smallest absolute Gasteiger partial charge is 0.186 e. The van der Waals surface area contributed by atoms with Crippen LogP contribution in [0.1, 0.15) is 69.2 Å². The maximum atomic E-state index is 9.67. The largest absolute Gasteiger partial charge is 0.394 e. The summed E-state index contributed by atoms with van der Waals surface area (Å²) in [7, 11) is 0. The third-order valence-electron chi connectivity index (χ3n) is 13.9. The van der Waals surface area contributed by atoms with E-state index in [1.54, 1.807) is 0 Å². The average molecular weight is 1330 g/mol. The summed E-state index contributed by atoms with van der Waals surface area (Å²) < 4.78 is 52.3. The van der Waals surface area contributed by atoms with Gasteiger partial charge in [0.25, 0.3) is 0 Å². The Kier molecular flexibility index (Phi) is 44.9. The summed E-state index contributed by atoms with van der Waals surface area (Å²) >= 11 is 0. The van der Waals surface area contributed by atoms with Gasteiger partial charge in [0.1, 0.15) is 122 Å². The molecule has 25 atom stereocenters. The van der Waals surface area contributed by atoms with Gasteiger partial charge in [-0.3, -0.25) is 0 Å². The van der Waals surface area contributed by atoms with Crippen LogP contribution in [0.4, 0.5) is 0 Å². The molecule has 5 aliphatic heterocycles. The SMILES string of the molecule is CC(C)NCCO[C@@H]1OC(CO)[C@@H](O)[C@H](O)C1O.CC(C)NCCO[C@@H]1OC(CO)[C@@H](O)[C@H](O)C1O.CC(C)NCCO[C@@H]1OC(CO)[C@H](O)[C@H](O)C1O.CC(C)NCCO[C@@H]1OC(CO)[C@H](O)[C@H](O)C1O.CC(C)NCCO[C@@H]1OC(CO)[C@H](O)[C@H](O)C1O. The summed E-state index contributed by atoms with van der Waals surface area (Å²) in [4.78, 5) is 0. The zero-order valence-corrected chi connectivity index (χ0v) is 53.5. The number of hydrogen-bond acceptors (Lipinski definition) is 35. The van der Waals surface area contributed by atoms with Crippen molar-refractivity contribution in [2.24, 2.45) is 0 Å². The molecule has 0 aromatic rings. The van der Waals surface area contributed by atoms with Crippen LogP contribution >= 0.6 is 0 Å². The summed E-state index contributed by atoms with van der Waals surface area (Å²) in [5.41, 5.74) is 0. The van der Waals surface area contributed by atoms with E-state index in [0.717, 1.165) is 0 Å². The van der Waals surface area contributed by atoms with Gasteiger partial charge in [0.15, 0.2) is 31.5 Å². The van der Waals surface area contributed by atoms with Crippen LogP contribution in [0.3, 0.4) is 0 Å². The lowest BCUT2D eigenvalue weighted by Gasteiger charge is -2.39. The van der Waals surface area contributed by atoms with Gasteiger partial charge < -0.3 is 176 Å². The minimum atomic E-state index is -1.39. The van der Waals surface area contributed by atoms with E-state index >= 15 is 0 Å². The van der Waals surface area contributed by atoms with Gasteiger partial charge >= 0.3 is 0 Å². The highest BCUT2D eigenvalue weighted by atomic mass is 16.7. The first-order valence-electron chi connectivity index (χ1n) is 30.6. The van der Waals surface area contributed by atoms with Crippen molar-refractivity contribution in [1.82, 2.24) is 26.6 Å². The van der Waals surface area contributed by atoms with Gasteiger partial charge in [0.2, 0.25) is 0 Å². The number of rotatable bonds is 30. The van der Waals surface area contributed by atoms with Gasteiger partial charge in [-0.15, -0.1) is 0 Å². The van der Waals surface area contributed by atoms with Gasteiger partial charge in [-0.2, -0.15) is 0 Å². The van der Waals surface area contributed by atoms with Crippen molar-refractivity contribution in [3.63, 3.8) is 0 Å². The lowest BCUT2D eigenvalue weighted by molar-refractivity contribution is -0.300. The summed E-state index contributed by atoms with van der Waals surface area (Å²) in [6, 6.07) is 1.61. The molecule has 35 nitrogen and oxygen atoms in total. The fourth-order valence-electron chi connectivity index (χ4n) is 8.64. The first kappa shape index (κ1) is 86.6. The van der Waals surface area contributed by atoms with E-state index in [4.69, 9.17) is 72.9 Å². The van der Waals surface area contributed by atoms with Gasteiger partial charge in [-0.1, -0.05) is 69.2 Å². The second kappa shape index (κ2) is 46.7. The van der Waals surface area contributed by atoms with Crippen LogP contribution in [-0.2, 0) is 47.4 Å². The van der Waals surface area contributed by atoms with Crippen molar-refractivity contribution in [2.75, 3.05) is 98.8 Å². The molecule has 0 aliphatic carbocycles. The predicted octanol–water partition coefficient (Wildman–Crippen LogP) is -11.0. The molecule has 5 saturated heterocycles. The Morgan fingerprint density at radius 2 is 0.367 bits per heavy atom. The zero-order valence-electron chi connectivity index (χ0n) is 53.5. The van der Waals surface area contributed by atoms with E-state index in [9.17, 15) is 76.6 Å². The molecule has 0 aromatic heterocycles. The van der Waals surface area contributed by atoms with Crippen molar-refractivity contribution in [3.05, 3.63) is 0 Å². The van der Waals surface area contributed by atoms with Crippen LogP contribution < -0.4 is 26.6 Å². The molecule has 0 aromatic carbocycles. The average Bonchev–Trinajstić information content (AvgIpc) is 1.10. The Morgan fingerprint density at radius 1 is 0.233 bits per heavy atom. The van der Waals surface area contributed by atoms with E-state index in [0.29, 0.717) is 96.0 Å². The predicted molar refractivity (Wildman–Crippen MR) is 314 cm³/mol. The molecular formula is C55H115N5O30. The van der Waals surface area contributed by atoms with Crippen molar-refractivity contribution < 1.29 is 149 Å². The molecule has 25 N–H and O–H groups in total. The molecule has 0 saturated carbocycles. The minimum Gasteiger partial charge on any atom is -0.394 e. The topological polar surface area (TPSA) is 557 Å². The summed E-state index contributed by atoms with van der Waals surface area (Å²) in [5, 5.41) is 204. The van der Waals surface area contributed by atoms with Gasteiger partial charge in [-0.25, -0.2) is 0 Å². The van der Waals surface area contributed by atoms with Gasteiger partial charge in [0, 0.05) is 62.9 Å². The molecule has 0 amide bonds. The van der Waals surface area contributed by atoms with Crippen LogP contribution in [0.5, 0.6) is 0 Å².